The van der Waals surface area contributed by atoms with E-state index in [0.717, 1.165) is 35.8 Å². The van der Waals surface area contributed by atoms with Gasteiger partial charge in [0.15, 0.2) is 13.6 Å². The summed E-state index contributed by atoms with van der Waals surface area (Å²) in [6, 6.07) is 13.0. The Kier molecular flexibility index (Phi) is 9.39. The fourth-order valence-electron chi connectivity index (χ4n) is 3.79. The van der Waals surface area contributed by atoms with E-state index >= 15 is 0 Å². The van der Waals surface area contributed by atoms with Gasteiger partial charge >= 0.3 is 0 Å². The molecule has 0 aliphatic heterocycles. The summed E-state index contributed by atoms with van der Waals surface area (Å²) < 4.78 is 23.0. The minimum atomic E-state index is -1.66. The molecule has 2 aromatic rings. The normalized spacial score (nSPS) is 12.0. The SMILES string of the molecule is CCCN(c1cccc([Si](C)(C)C)c1OCOC)c1cccc([Si](C)(C)C)c1OCOC. The van der Waals surface area contributed by atoms with Crippen molar-refractivity contribution >= 4 is 37.9 Å². The zero-order valence-electron chi connectivity index (χ0n) is 21.4. The number of nitrogens with zero attached hydrogens (tertiary/aromatic N) is 1. The van der Waals surface area contributed by atoms with Crippen molar-refractivity contribution in [3.05, 3.63) is 36.4 Å². The van der Waals surface area contributed by atoms with E-state index in [1.165, 1.54) is 10.4 Å². The molecule has 32 heavy (non-hydrogen) atoms. The van der Waals surface area contributed by atoms with Gasteiger partial charge in [-0.3, -0.25) is 0 Å². The number of methoxy groups -OCH3 is 2. The maximum Gasteiger partial charge on any atom is 0.188 e. The predicted octanol–water partition coefficient (Wildman–Crippen LogP) is 5.29. The lowest BCUT2D eigenvalue weighted by Gasteiger charge is -2.33. The fourth-order valence-corrected chi connectivity index (χ4v) is 6.74. The molecule has 0 aliphatic carbocycles. The number of rotatable bonds is 12. The Morgan fingerprint density at radius 1 is 0.688 bits per heavy atom. The van der Waals surface area contributed by atoms with Gasteiger partial charge in [0.05, 0.1) is 27.5 Å². The van der Waals surface area contributed by atoms with Crippen molar-refractivity contribution < 1.29 is 18.9 Å². The second kappa shape index (κ2) is 11.4. The molecule has 0 atom stereocenters. The molecule has 0 aromatic heterocycles. The van der Waals surface area contributed by atoms with Crippen LogP contribution >= 0.6 is 0 Å². The Labute approximate surface area is 196 Å². The van der Waals surface area contributed by atoms with Crippen LogP contribution < -0.4 is 24.7 Å². The van der Waals surface area contributed by atoms with E-state index < -0.39 is 16.1 Å². The molecule has 0 amide bonds. The van der Waals surface area contributed by atoms with Crippen LogP contribution in [0.15, 0.2) is 36.4 Å². The van der Waals surface area contributed by atoms with Crippen LogP contribution in [0.4, 0.5) is 11.4 Å². The first-order valence-electron chi connectivity index (χ1n) is 11.3. The largest absolute Gasteiger partial charge is 0.465 e. The maximum absolute atomic E-state index is 6.23. The lowest BCUT2D eigenvalue weighted by Crippen LogP contribution is -2.40. The zero-order chi connectivity index (χ0) is 23.9. The quantitative estimate of drug-likeness (QED) is 0.308. The van der Waals surface area contributed by atoms with E-state index in [9.17, 15) is 0 Å². The highest BCUT2D eigenvalue weighted by Crippen LogP contribution is 2.39. The van der Waals surface area contributed by atoms with Crippen LogP contribution in [0.2, 0.25) is 39.3 Å². The Morgan fingerprint density at radius 2 is 1.09 bits per heavy atom. The molecule has 0 saturated heterocycles. The molecule has 2 aromatic carbocycles. The lowest BCUT2D eigenvalue weighted by atomic mass is 10.2. The summed E-state index contributed by atoms with van der Waals surface area (Å²) >= 11 is 0. The van der Waals surface area contributed by atoms with E-state index in [4.69, 9.17) is 18.9 Å². The Balaban J connectivity index is 2.77. The minimum absolute atomic E-state index is 0.219. The molecule has 2 rings (SSSR count). The first kappa shape index (κ1) is 26.4. The van der Waals surface area contributed by atoms with Crippen molar-refractivity contribution in [2.45, 2.75) is 52.6 Å². The smallest absolute Gasteiger partial charge is 0.188 e. The van der Waals surface area contributed by atoms with Crippen LogP contribution in [0.1, 0.15) is 13.3 Å². The number of hydrogen-bond acceptors (Lipinski definition) is 5. The average Bonchev–Trinajstić information content (AvgIpc) is 2.73. The first-order chi connectivity index (χ1) is 15.1. The third-order valence-electron chi connectivity index (χ3n) is 5.28. The number of hydrogen-bond donors (Lipinski definition) is 0. The average molecular weight is 476 g/mol. The van der Waals surface area contributed by atoms with Crippen LogP contribution in [0, 0.1) is 0 Å². The van der Waals surface area contributed by atoms with Crippen molar-refractivity contribution in [3.63, 3.8) is 0 Å². The Morgan fingerprint density at radius 3 is 1.41 bits per heavy atom. The van der Waals surface area contributed by atoms with E-state index in [1.807, 2.05) is 0 Å². The summed E-state index contributed by atoms with van der Waals surface area (Å²) in [6.07, 6.45) is 0.988. The summed E-state index contributed by atoms with van der Waals surface area (Å²) in [5.74, 6) is 1.83. The van der Waals surface area contributed by atoms with Gasteiger partial charge in [0.1, 0.15) is 11.5 Å². The van der Waals surface area contributed by atoms with Gasteiger partial charge < -0.3 is 23.8 Å². The van der Waals surface area contributed by atoms with Gasteiger partial charge in [-0.05, 0) is 28.9 Å². The van der Waals surface area contributed by atoms with Crippen LogP contribution in [-0.2, 0) is 9.47 Å². The van der Waals surface area contributed by atoms with Gasteiger partial charge in [-0.25, -0.2) is 0 Å². The van der Waals surface area contributed by atoms with Crippen molar-refractivity contribution in [2.75, 3.05) is 39.3 Å². The van der Waals surface area contributed by atoms with Gasteiger partial charge in [-0.15, -0.1) is 0 Å². The molecule has 0 unspecified atom stereocenters. The van der Waals surface area contributed by atoms with Crippen LogP contribution in [-0.4, -0.2) is 50.5 Å². The molecule has 0 N–H and O–H groups in total. The molecule has 0 heterocycles. The van der Waals surface area contributed by atoms with E-state index in [0.29, 0.717) is 0 Å². The van der Waals surface area contributed by atoms with Gasteiger partial charge in [0.2, 0.25) is 0 Å². The Bertz CT molecular complexity index is 806. The number of ether oxygens (including phenoxy) is 4. The highest BCUT2D eigenvalue weighted by Gasteiger charge is 2.29. The van der Waals surface area contributed by atoms with Crippen LogP contribution in [0.5, 0.6) is 11.5 Å². The third kappa shape index (κ3) is 6.37. The van der Waals surface area contributed by atoms with Crippen molar-refractivity contribution in [2.24, 2.45) is 0 Å². The zero-order valence-corrected chi connectivity index (χ0v) is 23.4. The number of benzene rings is 2. The molecular formula is C25H41NO4Si2. The number of anilines is 2. The van der Waals surface area contributed by atoms with Gasteiger partial charge in [0.25, 0.3) is 0 Å². The summed E-state index contributed by atoms with van der Waals surface area (Å²) in [5, 5.41) is 2.57. The molecule has 0 spiro atoms. The third-order valence-corrected chi connectivity index (χ3v) is 9.30. The molecule has 0 saturated carbocycles. The van der Waals surface area contributed by atoms with Crippen molar-refractivity contribution in [3.8, 4) is 11.5 Å². The van der Waals surface area contributed by atoms with Crippen molar-refractivity contribution in [1.29, 1.82) is 0 Å². The molecule has 7 heteroatoms. The summed E-state index contributed by atoms with van der Waals surface area (Å²) in [7, 11) is 0.0108. The van der Waals surface area contributed by atoms with Gasteiger partial charge in [-0.1, -0.05) is 70.5 Å². The van der Waals surface area contributed by atoms with Gasteiger partial charge in [0, 0.05) is 20.8 Å². The molecule has 5 nitrogen and oxygen atoms in total. The second-order valence-electron chi connectivity index (χ2n) is 10.1. The summed E-state index contributed by atoms with van der Waals surface area (Å²) in [5.41, 5.74) is 2.11. The van der Waals surface area contributed by atoms with E-state index in [1.54, 1.807) is 14.2 Å². The molecule has 0 bridgehead atoms. The summed E-state index contributed by atoms with van der Waals surface area (Å²) in [4.78, 5) is 2.34. The molecular weight excluding hydrogens is 434 g/mol. The first-order valence-corrected chi connectivity index (χ1v) is 18.3. The van der Waals surface area contributed by atoms with E-state index in [-0.39, 0.29) is 13.6 Å². The lowest BCUT2D eigenvalue weighted by molar-refractivity contribution is 0.0517. The van der Waals surface area contributed by atoms with Gasteiger partial charge in [-0.2, -0.15) is 0 Å². The standard InChI is InChI=1S/C25H41NO4Si2/c1-10-17-26(20-13-11-15-22(31(4,5)6)24(20)29-18-27-2)21-14-12-16-23(32(7,8)9)25(21)30-19-28-3/h11-16H,10,17-19H2,1-9H3. The molecule has 178 valence electrons. The number of para-hydroxylation sites is 2. The van der Waals surface area contributed by atoms with Crippen molar-refractivity contribution in [1.82, 2.24) is 0 Å². The highest BCUT2D eigenvalue weighted by molar-refractivity contribution is 6.90. The Hall–Kier alpha value is -1.81. The highest BCUT2D eigenvalue weighted by atomic mass is 28.3. The topological polar surface area (TPSA) is 40.2 Å². The fraction of sp³-hybridized carbons (Fsp3) is 0.520. The molecule has 0 fully saturated rings. The van der Waals surface area contributed by atoms with E-state index in [2.05, 4.69) is 87.5 Å². The minimum Gasteiger partial charge on any atom is -0.465 e. The summed E-state index contributed by atoms with van der Waals surface area (Å²) in [6.45, 7) is 17.5. The second-order valence-corrected chi connectivity index (χ2v) is 20.1. The maximum atomic E-state index is 6.23. The predicted molar refractivity (Wildman–Crippen MR) is 141 cm³/mol. The monoisotopic (exact) mass is 475 g/mol. The molecule has 0 aliphatic rings. The van der Waals surface area contributed by atoms with Crippen LogP contribution in [0.3, 0.4) is 0 Å². The molecule has 0 radical (unpaired) electrons. The van der Waals surface area contributed by atoms with Crippen LogP contribution in [0.25, 0.3) is 0 Å².